The van der Waals surface area contributed by atoms with Crippen LogP contribution in [0.4, 0.5) is 0 Å². The van der Waals surface area contributed by atoms with E-state index in [0.29, 0.717) is 31.6 Å². The first-order chi connectivity index (χ1) is 35.6. The van der Waals surface area contributed by atoms with Gasteiger partial charge < -0.3 is 62.7 Å². The third kappa shape index (κ3) is 19.5. The second kappa shape index (κ2) is 31.1. The molecule has 1 aliphatic carbocycles. The summed E-state index contributed by atoms with van der Waals surface area (Å²) in [6.07, 6.45) is 2.12. The number of aliphatic hydroxyl groups excluding tert-OH is 8. The van der Waals surface area contributed by atoms with Crippen molar-refractivity contribution >= 4 is 39.6 Å². The van der Waals surface area contributed by atoms with Crippen molar-refractivity contribution in [3.63, 3.8) is 0 Å². The number of hydrogen-bond acceptors (Lipinski definition) is 22. The first kappa shape index (κ1) is 63.0. The summed E-state index contributed by atoms with van der Waals surface area (Å²) < 4.78 is 0. The lowest BCUT2D eigenvalue weighted by Crippen LogP contribution is -2.64. The quantitative estimate of drug-likeness (QED) is 0.0514. The molecule has 5 rings (SSSR count). The molecule has 3 aliphatic heterocycles. The van der Waals surface area contributed by atoms with Crippen molar-refractivity contribution < 1.29 is 55.5 Å². The van der Waals surface area contributed by atoms with Crippen molar-refractivity contribution in [2.24, 2.45) is 46.0 Å². The number of nitrogens with one attached hydrogen (secondary N) is 7. The van der Waals surface area contributed by atoms with E-state index >= 15 is 0 Å². The number of allylic oxidation sites excluding steroid dienone is 2. The molecular weight excluding hydrogens is 1010 g/mol. The summed E-state index contributed by atoms with van der Waals surface area (Å²) in [6.45, 7) is 9.91. The minimum absolute atomic E-state index is 0.0209. The molecule has 0 radical (unpaired) electrons. The van der Waals surface area contributed by atoms with Gasteiger partial charge in [-0.1, -0.05) is 99.1 Å². The maximum Gasteiger partial charge on any atom is 0.237 e. The van der Waals surface area contributed by atoms with E-state index in [1.807, 2.05) is 70.0 Å². The summed E-state index contributed by atoms with van der Waals surface area (Å²) in [5.74, 6) is -1.50. The number of phenols is 1. The Kier molecular flexibility index (Phi) is 26.1. The number of hydrogen-bond donors (Lipinski definition) is 18. The molecule has 4 unspecified atom stereocenters. The minimum Gasteiger partial charge on any atom is -0.508 e. The molecule has 4 aliphatic rings. The van der Waals surface area contributed by atoms with Crippen LogP contribution >= 0.6 is 21.6 Å². The number of aliphatic imine (C=N–C) groups is 1. The summed E-state index contributed by atoms with van der Waals surface area (Å²) in [4.78, 5) is 33.8. The molecule has 1 aromatic carbocycles. The molecule has 0 bridgehead atoms. The highest BCUT2D eigenvalue weighted by Gasteiger charge is 2.41. The number of carbonyl (C=O) groups is 2. The van der Waals surface area contributed by atoms with Crippen molar-refractivity contribution in [1.29, 1.82) is 0 Å². The Balaban J connectivity index is 1.42. The average molecular weight is 1100 g/mol. The van der Waals surface area contributed by atoms with Crippen LogP contribution in [0.1, 0.15) is 85.1 Å². The van der Waals surface area contributed by atoms with Crippen molar-refractivity contribution in [1.82, 2.24) is 42.1 Å². The van der Waals surface area contributed by atoms with Crippen molar-refractivity contribution in [3.8, 4) is 5.75 Å². The zero-order valence-electron chi connectivity index (χ0n) is 44.0. The SMILES string of the molecule is CCC(C)[C@H](NC(=O)[C@H](CC1C=NC2C=CC=CC12)N[C@H](O)[C@@H]1CSSC[C@H](C)[C@@H](O)N2CCC[C@H]2[C@H](O)N[C@@H](Cc2ccc(O)cc2)[C@@H](O)NC[C@@H](O)N[C@@H](CC(C)C)[C@H](O)N1)[C@@H](O)N[C@@H](CC[C@H](N)O)C(N)=O. The molecule has 20 N–H and O–H groups in total. The van der Waals surface area contributed by atoms with Crippen LogP contribution in [0.3, 0.4) is 0 Å². The molecule has 2 fully saturated rings. The Morgan fingerprint density at radius 1 is 0.880 bits per heavy atom. The predicted molar refractivity (Wildman–Crippen MR) is 292 cm³/mol. The van der Waals surface area contributed by atoms with E-state index in [1.165, 1.54) is 33.7 Å². The van der Waals surface area contributed by atoms with Crippen LogP contribution in [0.25, 0.3) is 0 Å². The number of primary amides is 1. The summed E-state index contributed by atoms with van der Waals surface area (Å²) in [5.41, 5.74) is 12.0. The number of aromatic hydroxyl groups is 1. The molecule has 24 heteroatoms. The van der Waals surface area contributed by atoms with Gasteiger partial charge in [-0.3, -0.25) is 51.4 Å². The predicted octanol–water partition coefficient (Wildman–Crippen LogP) is -1.64. The van der Waals surface area contributed by atoms with E-state index in [9.17, 15) is 55.5 Å². The Hall–Kier alpha value is -2.83. The van der Waals surface area contributed by atoms with Gasteiger partial charge in [0.25, 0.3) is 0 Å². The number of nitrogens with zero attached hydrogens (tertiary/aromatic N) is 2. The normalized spacial score (nSPS) is 33.4. The Labute approximate surface area is 450 Å². The highest BCUT2D eigenvalue weighted by molar-refractivity contribution is 8.76. The van der Waals surface area contributed by atoms with Gasteiger partial charge in [0.1, 0.15) is 55.6 Å². The van der Waals surface area contributed by atoms with Gasteiger partial charge in [0.15, 0.2) is 0 Å². The highest BCUT2D eigenvalue weighted by Crippen LogP contribution is 2.33. The lowest BCUT2D eigenvalue weighted by atomic mass is 9.83. The van der Waals surface area contributed by atoms with Crippen LogP contribution in [-0.2, 0) is 16.0 Å². The van der Waals surface area contributed by atoms with Crippen LogP contribution < -0.4 is 48.7 Å². The van der Waals surface area contributed by atoms with Crippen molar-refractivity contribution in [2.45, 2.75) is 184 Å². The molecule has 75 heavy (non-hydrogen) atoms. The van der Waals surface area contributed by atoms with E-state index < -0.39 is 104 Å². The largest absolute Gasteiger partial charge is 0.508 e. The topological polar surface area (TPSA) is 368 Å². The fraction of sp³-hybridized carbons (Fsp3) is 0.745. The first-order valence-corrected chi connectivity index (χ1v) is 29.1. The smallest absolute Gasteiger partial charge is 0.237 e. The molecule has 1 aromatic rings. The maximum absolute atomic E-state index is 14.8. The standard InChI is InChI=1S/C51H89N11O11S2/c1-6-28(4)43(50(72)57-35(44(53)66)17-18-41(52)64)61-47(69)38(22-31-23-54-34-11-8-7-10-33(31)34)58-48(70)39-26-75-74-25-29(5)51(73)62-19-9-12-40(62)49(71)59-37(21-30-13-15-32(63)16-14-30)45(67)55-24-42(65)56-36(20-27(2)3)46(68)60-39/h7-8,10-11,13-16,23,27-29,31,33-43,45-46,48-51,55-60,63-65,67-68,70-73H,6,9,12,17-22,24-26,52H2,1-5H3,(H2,53,66)(H,61,69)/t28?,29-,31?,33?,34?,35-,36-,37-,38-,39-,40-,41+,42+,43-,45+,46-,48+,49-,50+,51+/m0/s1. The molecule has 3 heterocycles. The van der Waals surface area contributed by atoms with Gasteiger partial charge in [0.05, 0.1) is 42.3 Å². The van der Waals surface area contributed by atoms with Crippen molar-refractivity contribution in [3.05, 3.63) is 54.1 Å². The van der Waals surface area contributed by atoms with E-state index in [4.69, 9.17) is 16.5 Å². The number of aliphatic hydroxyl groups is 8. The molecule has 20 atom stereocenters. The molecular formula is C51H89N11O11S2. The number of rotatable bonds is 20. The zero-order chi connectivity index (χ0) is 54.9. The van der Waals surface area contributed by atoms with Crippen LogP contribution in [0, 0.1) is 29.6 Å². The zero-order valence-corrected chi connectivity index (χ0v) is 45.6. The Morgan fingerprint density at radius 2 is 1.59 bits per heavy atom. The fourth-order valence-electron chi connectivity index (χ4n) is 10.2. The fourth-order valence-corrected chi connectivity index (χ4v) is 12.9. The highest BCUT2D eigenvalue weighted by atomic mass is 33.1. The average Bonchev–Trinajstić information content (AvgIpc) is 4.03. The van der Waals surface area contributed by atoms with E-state index in [-0.39, 0.29) is 79.4 Å². The molecule has 0 aromatic heterocycles. The van der Waals surface area contributed by atoms with Gasteiger partial charge in [0, 0.05) is 54.6 Å². The Bertz CT molecular complexity index is 1970. The summed E-state index contributed by atoms with van der Waals surface area (Å²) in [7, 11) is 2.85. The third-order valence-electron chi connectivity index (χ3n) is 14.8. The maximum atomic E-state index is 14.8. The Morgan fingerprint density at radius 3 is 2.27 bits per heavy atom. The van der Waals surface area contributed by atoms with Gasteiger partial charge >= 0.3 is 0 Å². The molecule has 2 amide bonds. The second-order valence-corrected chi connectivity index (χ2v) is 23.9. The van der Waals surface area contributed by atoms with Gasteiger partial charge in [-0.15, -0.1) is 0 Å². The van der Waals surface area contributed by atoms with Gasteiger partial charge in [-0.05, 0) is 74.5 Å². The molecule has 0 spiro atoms. The monoisotopic (exact) mass is 1100 g/mol. The number of phenolic OH excluding ortho intramolecular Hbond substituents is 1. The van der Waals surface area contributed by atoms with E-state index in [0.717, 1.165) is 12.0 Å². The minimum atomic E-state index is -1.49. The molecule has 22 nitrogen and oxygen atoms in total. The molecule has 0 saturated carbocycles. The van der Waals surface area contributed by atoms with Gasteiger partial charge in [-0.25, -0.2) is 0 Å². The van der Waals surface area contributed by atoms with Gasteiger partial charge in [0.2, 0.25) is 11.8 Å². The third-order valence-corrected chi connectivity index (χ3v) is 17.5. The van der Waals surface area contributed by atoms with E-state index in [2.05, 4.69) is 37.2 Å². The van der Waals surface area contributed by atoms with Crippen LogP contribution in [0.15, 0.2) is 53.6 Å². The summed E-state index contributed by atoms with van der Waals surface area (Å²) >= 11 is 0. The van der Waals surface area contributed by atoms with Gasteiger partial charge in [-0.2, -0.15) is 0 Å². The lowest BCUT2D eigenvalue weighted by Gasteiger charge is -2.38. The van der Waals surface area contributed by atoms with Crippen molar-refractivity contribution in [2.75, 3.05) is 24.6 Å². The first-order valence-electron chi connectivity index (χ1n) is 26.6. The van der Waals surface area contributed by atoms with E-state index in [1.54, 1.807) is 12.1 Å². The number of carbonyl (C=O) groups excluding carboxylic acids is 2. The summed E-state index contributed by atoms with van der Waals surface area (Å²) in [6, 6.07) is 0.248. The number of benzene rings is 1. The number of fused-ring (bicyclic) bond motifs is 2. The lowest BCUT2D eigenvalue weighted by molar-refractivity contribution is -0.127. The van der Waals surface area contributed by atoms with Crippen LogP contribution in [-0.4, -0.2) is 192 Å². The second-order valence-electron chi connectivity index (χ2n) is 21.3. The van der Waals surface area contributed by atoms with Crippen LogP contribution in [0.5, 0.6) is 5.75 Å². The number of amides is 2. The van der Waals surface area contributed by atoms with Crippen LogP contribution in [0.2, 0.25) is 0 Å². The number of nitrogens with two attached hydrogens (primary N) is 2. The molecule has 2 saturated heterocycles. The number of β-amino-alcohol motifs (C(OH)–C–C–N with tert-alkyl or cyclic N) is 1. The summed E-state index contributed by atoms with van der Waals surface area (Å²) in [5, 5.41) is 124. The molecule has 426 valence electrons.